The van der Waals surface area contributed by atoms with Gasteiger partial charge in [-0.05, 0) is 33.4 Å². The molecule has 2 aromatic carbocycles. The van der Waals surface area contributed by atoms with Gasteiger partial charge < -0.3 is 0 Å². The minimum atomic E-state index is 1.11. The molecule has 20 heavy (non-hydrogen) atoms. The molecule has 0 saturated heterocycles. The molecule has 0 bridgehead atoms. The summed E-state index contributed by atoms with van der Waals surface area (Å²) in [5.41, 5.74) is 7.31. The summed E-state index contributed by atoms with van der Waals surface area (Å²) in [5.74, 6) is 0. The number of rotatable bonds is 1. The molecule has 1 aliphatic rings. The van der Waals surface area contributed by atoms with Crippen molar-refractivity contribution in [3.8, 4) is 11.1 Å². The lowest BCUT2D eigenvalue weighted by Gasteiger charge is -2.04. The summed E-state index contributed by atoms with van der Waals surface area (Å²) in [6, 6.07) is 14.7. The Hall–Kier alpha value is -2.08. The number of benzene rings is 2. The molecule has 0 heterocycles. The van der Waals surface area contributed by atoms with E-state index >= 15 is 0 Å². The molecule has 0 radical (unpaired) electrons. The summed E-state index contributed by atoms with van der Waals surface area (Å²) in [6.45, 7) is 16.1. The zero-order valence-electron chi connectivity index (χ0n) is 13.0. The van der Waals surface area contributed by atoms with E-state index in [1.165, 1.54) is 27.8 Å². The van der Waals surface area contributed by atoms with E-state index in [1.54, 1.807) is 0 Å². The fraction of sp³-hybridized carbons (Fsp3) is 0.200. The molecule has 0 unspecified atom stereocenters. The van der Waals surface area contributed by atoms with Gasteiger partial charge in [0.1, 0.15) is 0 Å². The van der Waals surface area contributed by atoms with E-state index in [0.29, 0.717) is 0 Å². The molecule has 0 saturated carbocycles. The van der Waals surface area contributed by atoms with Crippen molar-refractivity contribution in [1.82, 2.24) is 0 Å². The van der Waals surface area contributed by atoms with Crippen LogP contribution in [0.15, 0.2) is 55.6 Å². The van der Waals surface area contributed by atoms with E-state index in [-0.39, 0.29) is 0 Å². The highest BCUT2D eigenvalue weighted by molar-refractivity contribution is 6.02. The topological polar surface area (TPSA) is 0 Å². The first-order chi connectivity index (χ1) is 9.83. The molecule has 104 valence electrons. The molecule has 0 heteroatoms. The summed E-state index contributed by atoms with van der Waals surface area (Å²) < 4.78 is 0. The molecule has 0 atom stereocenters. The predicted molar refractivity (Wildman–Crippen MR) is 92.8 cm³/mol. The standard InChI is InChI=1S/C16H12.2C2H6/c1-3-12-7-6-10-15-14-9-5-4-8-13(14)11(2)16(12)15;2*1-2/h3-10H,1-2H2;2*1-2H3. The third kappa shape index (κ3) is 2.60. The molecule has 0 fully saturated rings. The molecule has 0 nitrogen and oxygen atoms in total. The molecule has 0 amide bonds. The van der Waals surface area contributed by atoms with Gasteiger partial charge in [-0.3, -0.25) is 0 Å². The van der Waals surface area contributed by atoms with Gasteiger partial charge in [0, 0.05) is 0 Å². The first kappa shape index (κ1) is 16.0. The molecule has 0 N–H and O–H groups in total. The van der Waals surface area contributed by atoms with E-state index < -0.39 is 0 Å². The maximum Gasteiger partial charge on any atom is -0.00325 e. The lowest BCUT2D eigenvalue weighted by Crippen LogP contribution is -1.83. The van der Waals surface area contributed by atoms with Gasteiger partial charge in [0.2, 0.25) is 0 Å². The van der Waals surface area contributed by atoms with E-state index in [4.69, 9.17) is 0 Å². The molecule has 2 aromatic rings. The van der Waals surface area contributed by atoms with E-state index in [2.05, 4.69) is 55.6 Å². The van der Waals surface area contributed by atoms with Crippen molar-refractivity contribution in [2.24, 2.45) is 0 Å². The van der Waals surface area contributed by atoms with Crippen LogP contribution in [-0.4, -0.2) is 0 Å². The summed E-state index contributed by atoms with van der Waals surface area (Å²) in [4.78, 5) is 0. The van der Waals surface area contributed by atoms with Crippen LogP contribution in [0.4, 0.5) is 0 Å². The van der Waals surface area contributed by atoms with Crippen molar-refractivity contribution in [2.45, 2.75) is 27.7 Å². The van der Waals surface area contributed by atoms with Crippen LogP contribution in [0.25, 0.3) is 22.8 Å². The smallest absolute Gasteiger partial charge is 0.00325 e. The van der Waals surface area contributed by atoms with Gasteiger partial charge in [0.25, 0.3) is 0 Å². The summed E-state index contributed by atoms with van der Waals surface area (Å²) in [7, 11) is 0. The second-order valence-electron chi connectivity index (χ2n) is 4.00. The first-order valence-corrected chi connectivity index (χ1v) is 7.37. The fourth-order valence-electron chi connectivity index (χ4n) is 2.42. The van der Waals surface area contributed by atoms with Crippen LogP contribution in [0.2, 0.25) is 0 Å². The maximum absolute atomic E-state index is 4.20. The Balaban J connectivity index is 0.000000461. The monoisotopic (exact) mass is 264 g/mol. The summed E-state index contributed by atoms with van der Waals surface area (Å²) >= 11 is 0. The number of fused-ring (bicyclic) bond motifs is 3. The molecule has 3 rings (SSSR count). The quantitative estimate of drug-likeness (QED) is 0.475. The fourth-order valence-corrected chi connectivity index (χ4v) is 2.42. The van der Waals surface area contributed by atoms with Crippen LogP contribution in [-0.2, 0) is 0 Å². The molecular weight excluding hydrogens is 240 g/mol. The van der Waals surface area contributed by atoms with Crippen LogP contribution in [0.1, 0.15) is 44.4 Å². The Morgan fingerprint density at radius 3 is 1.90 bits per heavy atom. The Labute approximate surface area is 123 Å². The second-order valence-corrected chi connectivity index (χ2v) is 4.00. The average Bonchev–Trinajstić information content (AvgIpc) is 2.85. The largest absolute Gasteiger partial charge is 0.0984 e. The van der Waals surface area contributed by atoms with Crippen molar-refractivity contribution < 1.29 is 0 Å². The van der Waals surface area contributed by atoms with Gasteiger partial charge in [-0.25, -0.2) is 0 Å². The predicted octanol–water partition coefficient (Wildman–Crippen LogP) is 6.42. The van der Waals surface area contributed by atoms with Crippen LogP contribution in [0.3, 0.4) is 0 Å². The number of hydrogen-bond acceptors (Lipinski definition) is 0. The normalized spacial score (nSPS) is 10.3. The Kier molecular flexibility index (Phi) is 5.99. The lowest BCUT2D eigenvalue weighted by atomic mass is 9.99. The van der Waals surface area contributed by atoms with E-state index in [0.717, 1.165) is 5.57 Å². The molecule has 0 aromatic heterocycles. The van der Waals surface area contributed by atoms with Crippen molar-refractivity contribution in [2.75, 3.05) is 0 Å². The average molecular weight is 264 g/mol. The minimum Gasteiger partial charge on any atom is -0.0984 e. The third-order valence-electron chi connectivity index (χ3n) is 3.16. The Bertz CT molecular complexity index is 603. The van der Waals surface area contributed by atoms with E-state index in [1.807, 2.05) is 33.8 Å². The first-order valence-electron chi connectivity index (χ1n) is 7.37. The molecule has 1 aliphatic carbocycles. The number of hydrogen-bond donors (Lipinski definition) is 0. The Morgan fingerprint density at radius 1 is 0.750 bits per heavy atom. The highest BCUT2D eigenvalue weighted by atomic mass is 14.3. The highest BCUT2D eigenvalue weighted by Crippen LogP contribution is 2.44. The molecule has 0 spiro atoms. The zero-order valence-corrected chi connectivity index (χ0v) is 13.0. The van der Waals surface area contributed by atoms with Crippen LogP contribution < -0.4 is 0 Å². The van der Waals surface area contributed by atoms with Crippen molar-refractivity contribution in [3.63, 3.8) is 0 Å². The molecule has 0 aliphatic heterocycles. The van der Waals surface area contributed by atoms with Gasteiger partial charge in [-0.2, -0.15) is 0 Å². The van der Waals surface area contributed by atoms with Crippen LogP contribution >= 0.6 is 0 Å². The van der Waals surface area contributed by atoms with Crippen LogP contribution in [0, 0.1) is 0 Å². The van der Waals surface area contributed by atoms with E-state index in [9.17, 15) is 0 Å². The Morgan fingerprint density at radius 2 is 1.30 bits per heavy atom. The highest BCUT2D eigenvalue weighted by Gasteiger charge is 2.22. The van der Waals surface area contributed by atoms with Gasteiger partial charge in [-0.15, -0.1) is 0 Å². The SMILES string of the molecule is C=Cc1cccc2c1C(=C)c1ccccc1-2.CC.CC. The zero-order chi connectivity index (χ0) is 15.1. The summed E-state index contributed by atoms with van der Waals surface area (Å²) in [5, 5.41) is 0. The van der Waals surface area contributed by atoms with Crippen molar-refractivity contribution in [1.29, 1.82) is 0 Å². The lowest BCUT2D eigenvalue weighted by molar-refractivity contribution is 1.50. The summed E-state index contributed by atoms with van der Waals surface area (Å²) in [6.07, 6.45) is 1.90. The van der Waals surface area contributed by atoms with Gasteiger partial charge in [0.15, 0.2) is 0 Å². The maximum atomic E-state index is 4.20. The van der Waals surface area contributed by atoms with Crippen molar-refractivity contribution >= 4 is 11.6 Å². The van der Waals surface area contributed by atoms with Gasteiger partial charge >= 0.3 is 0 Å². The van der Waals surface area contributed by atoms with Gasteiger partial charge in [0.05, 0.1) is 0 Å². The second kappa shape index (κ2) is 7.49. The van der Waals surface area contributed by atoms with Crippen molar-refractivity contribution in [3.05, 3.63) is 72.3 Å². The third-order valence-corrected chi connectivity index (χ3v) is 3.16. The van der Waals surface area contributed by atoms with Crippen LogP contribution in [0.5, 0.6) is 0 Å². The van der Waals surface area contributed by atoms with Gasteiger partial charge in [-0.1, -0.05) is 89.4 Å². The molecular formula is C20H24. The minimum absolute atomic E-state index is 1.11.